The highest BCUT2D eigenvalue weighted by Crippen LogP contribution is 1.98. The molecule has 0 saturated heterocycles. The minimum absolute atomic E-state index is 0.112. The van der Waals surface area contributed by atoms with Gasteiger partial charge in [-0.25, -0.2) is 4.79 Å². The molecule has 26 heavy (non-hydrogen) atoms. The first-order chi connectivity index (χ1) is 12.6. The third kappa shape index (κ3) is 18.3. The third-order valence-electron chi connectivity index (χ3n) is 3.39. The molecule has 0 spiro atoms. The highest BCUT2D eigenvalue weighted by molar-refractivity contribution is 5.80. The van der Waals surface area contributed by atoms with Gasteiger partial charge in [0.15, 0.2) is 12.6 Å². The van der Waals surface area contributed by atoms with Crippen molar-refractivity contribution >= 4 is 18.0 Å². The van der Waals surface area contributed by atoms with Gasteiger partial charge in [0, 0.05) is 19.6 Å². The fraction of sp³-hybridized carbons (Fsp3) is 0.812. The van der Waals surface area contributed by atoms with Gasteiger partial charge in [-0.05, 0) is 45.3 Å². The van der Waals surface area contributed by atoms with Crippen LogP contribution < -0.4 is 33.2 Å². The first-order valence-corrected chi connectivity index (χ1v) is 9.19. The molecule has 0 aliphatic heterocycles. The Hall–Kier alpha value is -2.07. The Bertz CT molecular complexity index is 401. The highest BCUT2D eigenvalue weighted by atomic mass is 16.6. The summed E-state index contributed by atoms with van der Waals surface area (Å²) in [4.78, 5) is 26.9. The number of rotatable bonds is 16. The summed E-state index contributed by atoms with van der Waals surface area (Å²) in [5.74, 6) is -0.190. The summed E-state index contributed by atoms with van der Waals surface area (Å²) in [7, 11) is 0. The summed E-state index contributed by atoms with van der Waals surface area (Å²) >= 11 is 0. The molecule has 0 bridgehead atoms. The summed E-state index contributed by atoms with van der Waals surface area (Å²) in [6.07, 6.45) is 4.88. The smallest absolute Gasteiger partial charge is 0.407 e. The molecule has 0 aromatic rings. The van der Waals surface area contributed by atoms with E-state index < -0.39 is 6.09 Å². The molecule has 0 aliphatic carbocycles. The van der Waals surface area contributed by atoms with E-state index >= 15 is 0 Å². The van der Waals surface area contributed by atoms with E-state index in [1.165, 1.54) is 0 Å². The monoisotopic (exact) mass is 373 g/mol. The lowest BCUT2D eigenvalue weighted by Crippen LogP contribution is -2.33. The predicted octanol–water partition coefficient (Wildman–Crippen LogP) is -1.01. The van der Waals surface area contributed by atoms with Crippen molar-refractivity contribution in [3.63, 3.8) is 0 Å². The van der Waals surface area contributed by atoms with E-state index in [0.29, 0.717) is 26.2 Å². The zero-order valence-electron chi connectivity index (χ0n) is 15.6. The second-order valence-corrected chi connectivity index (χ2v) is 5.82. The van der Waals surface area contributed by atoms with Crippen LogP contribution in [0.2, 0.25) is 0 Å². The number of alkyl carbamates (subject to hydrolysis) is 1. The lowest BCUT2D eigenvalue weighted by Gasteiger charge is -2.08. The number of unbranched alkanes of at least 4 members (excludes halogenated alkanes) is 3. The number of aliphatic imine (C=N–C) groups is 1. The SMILES string of the molecule is NCCCNCCCNC(=O)OCC(=O)NCCCCCCN=C(N)N. The van der Waals surface area contributed by atoms with Gasteiger partial charge in [-0.15, -0.1) is 0 Å². The number of ether oxygens (including phenoxy) is 1. The normalized spacial score (nSPS) is 10.2. The van der Waals surface area contributed by atoms with Gasteiger partial charge in [-0.1, -0.05) is 12.8 Å². The first kappa shape index (κ1) is 23.9. The van der Waals surface area contributed by atoms with E-state index in [-0.39, 0.29) is 18.5 Å². The fourth-order valence-electron chi connectivity index (χ4n) is 2.02. The van der Waals surface area contributed by atoms with Crippen LogP contribution in [0.4, 0.5) is 4.79 Å². The van der Waals surface area contributed by atoms with Crippen molar-refractivity contribution in [3.05, 3.63) is 0 Å². The predicted molar refractivity (Wildman–Crippen MR) is 103 cm³/mol. The Balaban J connectivity index is 3.39. The van der Waals surface area contributed by atoms with Gasteiger partial charge >= 0.3 is 6.09 Å². The maximum Gasteiger partial charge on any atom is 0.407 e. The van der Waals surface area contributed by atoms with E-state index in [2.05, 4.69) is 20.9 Å². The van der Waals surface area contributed by atoms with Gasteiger partial charge in [0.05, 0.1) is 0 Å². The van der Waals surface area contributed by atoms with Crippen LogP contribution in [-0.2, 0) is 9.53 Å². The molecule has 2 amide bonds. The number of hydrogen-bond acceptors (Lipinski definition) is 6. The van der Waals surface area contributed by atoms with Crippen LogP contribution in [0.3, 0.4) is 0 Å². The summed E-state index contributed by atoms with van der Waals surface area (Å²) in [6.45, 7) is 3.74. The quantitative estimate of drug-likeness (QED) is 0.114. The van der Waals surface area contributed by atoms with Crippen molar-refractivity contribution in [2.45, 2.75) is 38.5 Å². The van der Waals surface area contributed by atoms with Crippen molar-refractivity contribution in [2.75, 3.05) is 45.9 Å². The molecule has 0 heterocycles. The minimum Gasteiger partial charge on any atom is -0.439 e. The molecule has 0 aliphatic rings. The van der Waals surface area contributed by atoms with Crippen molar-refractivity contribution in [2.24, 2.45) is 22.2 Å². The number of nitrogens with one attached hydrogen (secondary N) is 3. The van der Waals surface area contributed by atoms with Crippen LogP contribution >= 0.6 is 0 Å². The maximum atomic E-state index is 11.6. The van der Waals surface area contributed by atoms with Crippen LogP contribution in [0.15, 0.2) is 4.99 Å². The number of guanidine groups is 1. The third-order valence-corrected chi connectivity index (χ3v) is 3.39. The van der Waals surface area contributed by atoms with Crippen LogP contribution in [0.25, 0.3) is 0 Å². The van der Waals surface area contributed by atoms with E-state index in [9.17, 15) is 9.59 Å². The molecule has 0 fully saturated rings. The number of nitrogens with two attached hydrogens (primary N) is 3. The Morgan fingerprint density at radius 2 is 1.54 bits per heavy atom. The summed E-state index contributed by atoms with van der Waals surface area (Å²) < 4.78 is 4.84. The molecular formula is C16H35N7O3. The molecule has 0 rings (SSSR count). The van der Waals surface area contributed by atoms with Crippen LogP contribution in [0.5, 0.6) is 0 Å². The largest absolute Gasteiger partial charge is 0.439 e. The second-order valence-electron chi connectivity index (χ2n) is 5.82. The topological polar surface area (TPSA) is 170 Å². The average Bonchev–Trinajstić information content (AvgIpc) is 2.61. The van der Waals surface area contributed by atoms with Crippen molar-refractivity contribution < 1.29 is 14.3 Å². The Morgan fingerprint density at radius 3 is 2.27 bits per heavy atom. The lowest BCUT2D eigenvalue weighted by molar-refractivity contribution is -0.123. The Morgan fingerprint density at radius 1 is 0.846 bits per heavy atom. The van der Waals surface area contributed by atoms with Crippen LogP contribution in [-0.4, -0.2) is 63.8 Å². The maximum absolute atomic E-state index is 11.6. The van der Waals surface area contributed by atoms with Crippen molar-refractivity contribution in [1.29, 1.82) is 0 Å². The number of amides is 2. The van der Waals surface area contributed by atoms with E-state index in [1.54, 1.807) is 0 Å². The highest BCUT2D eigenvalue weighted by Gasteiger charge is 2.06. The molecule has 9 N–H and O–H groups in total. The minimum atomic E-state index is -0.582. The van der Waals surface area contributed by atoms with E-state index in [0.717, 1.165) is 51.6 Å². The molecule has 152 valence electrons. The van der Waals surface area contributed by atoms with Crippen molar-refractivity contribution in [1.82, 2.24) is 16.0 Å². The van der Waals surface area contributed by atoms with Crippen LogP contribution in [0, 0.1) is 0 Å². The standard InChI is InChI=1S/C16H35N7O3/c17-7-5-8-20-9-6-12-23-16(25)26-13-14(24)21-10-3-1-2-4-11-22-15(18)19/h20H,1-13,17H2,(H,21,24)(H,23,25)(H4,18,19,22). The molecule has 10 nitrogen and oxygen atoms in total. The van der Waals surface area contributed by atoms with Gasteiger partial charge in [0.1, 0.15) is 0 Å². The zero-order chi connectivity index (χ0) is 19.5. The average molecular weight is 374 g/mol. The fourth-order valence-corrected chi connectivity index (χ4v) is 2.02. The van der Waals surface area contributed by atoms with E-state index in [4.69, 9.17) is 21.9 Å². The molecular weight excluding hydrogens is 338 g/mol. The van der Waals surface area contributed by atoms with E-state index in [1.807, 2.05) is 0 Å². The first-order valence-electron chi connectivity index (χ1n) is 9.19. The number of carbonyl (C=O) groups excluding carboxylic acids is 2. The zero-order valence-corrected chi connectivity index (χ0v) is 15.6. The lowest BCUT2D eigenvalue weighted by atomic mass is 10.2. The van der Waals surface area contributed by atoms with Gasteiger partial charge < -0.3 is 37.9 Å². The summed E-state index contributed by atoms with van der Waals surface area (Å²) in [6, 6.07) is 0. The molecule has 0 atom stereocenters. The van der Waals surface area contributed by atoms with Gasteiger partial charge in [0.25, 0.3) is 5.91 Å². The molecule has 0 saturated carbocycles. The summed E-state index contributed by atoms with van der Waals surface area (Å²) in [5, 5.41) is 8.52. The van der Waals surface area contributed by atoms with Gasteiger partial charge in [0.2, 0.25) is 0 Å². The summed E-state index contributed by atoms with van der Waals surface area (Å²) in [5.41, 5.74) is 15.8. The Labute approximate surface area is 155 Å². The number of hydrogen-bond donors (Lipinski definition) is 6. The molecule has 10 heteroatoms. The molecule has 0 aromatic heterocycles. The molecule has 0 aromatic carbocycles. The Kier molecular flexibility index (Phi) is 16.3. The van der Waals surface area contributed by atoms with Crippen LogP contribution in [0.1, 0.15) is 38.5 Å². The molecule has 0 unspecified atom stereocenters. The number of carbonyl (C=O) groups is 2. The number of nitrogens with zero attached hydrogens (tertiary/aromatic N) is 1. The van der Waals surface area contributed by atoms with Gasteiger partial charge in [-0.2, -0.15) is 0 Å². The van der Waals surface area contributed by atoms with Crippen molar-refractivity contribution in [3.8, 4) is 0 Å². The second kappa shape index (κ2) is 17.7. The van der Waals surface area contributed by atoms with Gasteiger partial charge in [-0.3, -0.25) is 9.79 Å². The molecule has 0 radical (unpaired) electrons.